The van der Waals surface area contributed by atoms with Crippen molar-refractivity contribution in [2.45, 2.75) is 17.4 Å². The second-order valence-electron chi connectivity index (χ2n) is 11.1. The van der Waals surface area contributed by atoms with Gasteiger partial charge in [-0.3, -0.25) is 4.79 Å². The third kappa shape index (κ3) is 4.56. The average Bonchev–Trinajstić information content (AvgIpc) is 3.23. The van der Waals surface area contributed by atoms with Gasteiger partial charge in [-0.2, -0.15) is 9.57 Å². The van der Waals surface area contributed by atoms with Crippen molar-refractivity contribution in [1.29, 1.82) is 5.26 Å². The SMILES string of the molecule is CCOc1ncccc1C1(NC(=O)N2CC3(CN(C(=O)O)C3)C2)C(=O)N(S(=O)(=O)c2ccc(OC)cc2)c2ccc(C#N)cc21. The molecule has 0 radical (unpaired) electrons. The van der Waals surface area contributed by atoms with Gasteiger partial charge in [0.2, 0.25) is 5.88 Å². The lowest BCUT2D eigenvalue weighted by atomic mass is 9.73. The molecule has 2 N–H and O–H groups in total. The van der Waals surface area contributed by atoms with Gasteiger partial charge in [0.05, 0.1) is 41.5 Å². The monoisotopic (exact) mass is 632 g/mol. The number of benzene rings is 2. The zero-order valence-electron chi connectivity index (χ0n) is 24.3. The number of nitrogens with zero attached hydrogens (tertiary/aromatic N) is 5. The van der Waals surface area contributed by atoms with Crippen molar-refractivity contribution in [3.8, 4) is 17.7 Å². The van der Waals surface area contributed by atoms with Crippen molar-refractivity contribution in [3.63, 3.8) is 0 Å². The predicted octanol–water partition coefficient (Wildman–Crippen LogP) is 2.34. The van der Waals surface area contributed by atoms with Crippen LogP contribution in [0.4, 0.5) is 15.3 Å². The molecule has 2 fully saturated rings. The number of methoxy groups -OCH3 is 1. The number of carbonyl (C=O) groups excluding carboxylic acids is 2. The van der Waals surface area contributed by atoms with Gasteiger partial charge in [0.15, 0.2) is 5.54 Å². The summed E-state index contributed by atoms with van der Waals surface area (Å²) in [6.07, 6.45) is 0.397. The van der Waals surface area contributed by atoms with Gasteiger partial charge in [-0.1, -0.05) is 0 Å². The molecule has 2 aromatic carbocycles. The van der Waals surface area contributed by atoms with E-state index in [9.17, 15) is 33.2 Å². The summed E-state index contributed by atoms with van der Waals surface area (Å²) < 4.78 is 39.9. The zero-order valence-corrected chi connectivity index (χ0v) is 25.1. The maximum atomic E-state index is 14.8. The number of amides is 4. The molecule has 3 aliphatic heterocycles. The van der Waals surface area contributed by atoms with Crippen LogP contribution in [0.1, 0.15) is 23.6 Å². The van der Waals surface area contributed by atoms with Crippen LogP contribution in [0.15, 0.2) is 65.7 Å². The van der Waals surface area contributed by atoms with Crippen LogP contribution in [0.25, 0.3) is 0 Å². The van der Waals surface area contributed by atoms with Gasteiger partial charge in [0.25, 0.3) is 15.9 Å². The number of anilines is 1. The number of ether oxygens (including phenoxy) is 2. The first-order valence-corrected chi connectivity index (χ1v) is 15.4. The Hall–Kier alpha value is -5.36. The van der Waals surface area contributed by atoms with E-state index in [1.165, 1.54) is 77.7 Å². The Morgan fingerprint density at radius 3 is 2.38 bits per heavy atom. The van der Waals surface area contributed by atoms with Gasteiger partial charge in [0.1, 0.15) is 5.75 Å². The summed E-state index contributed by atoms with van der Waals surface area (Å²) in [6, 6.07) is 14.0. The number of likely N-dealkylation sites (tertiary alicyclic amines) is 2. The minimum absolute atomic E-state index is 0.0122. The number of hydrogen-bond acceptors (Lipinski definition) is 9. The number of nitriles is 1. The molecule has 6 rings (SSSR count). The first-order chi connectivity index (χ1) is 21.5. The number of rotatable bonds is 7. The molecule has 14 nitrogen and oxygen atoms in total. The average molecular weight is 633 g/mol. The Kier molecular flexibility index (Phi) is 7.04. The minimum Gasteiger partial charge on any atom is -0.497 e. The lowest BCUT2D eigenvalue weighted by Crippen LogP contribution is -2.75. The number of carbonyl (C=O) groups is 3. The molecule has 0 bridgehead atoms. The Labute approximate surface area is 258 Å². The molecule has 232 valence electrons. The highest BCUT2D eigenvalue weighted by atomic mass is 32.2. The van der Waals surface area contributed by atoms with E-state index in [1.54, 1.807) is 6.92 Å². The molecule has 15 heteroatoms. The largest absolute Gasteiger partial charge is 0.497 e. The van der Waals surface area contributed by atoms with Gasteiger partial charge >= 0.3 is 12.1 Å². The van der Waals surface area contributed by atoms with Gasteiger partial charge in [-0.25, -0.2) is 23.0 Å². The van der Waals surface area contributed by atoms with Crippen molar-refractivity contribution in [2.24, 2.45) is 5.41 Å². The molecular weight excluding hydrogens is 604 g/mol. The van der Waals surface area contributed by atoms with E-state index < -0.39 is 33.6 Å². The van der Waals surface area contributed by atoms with Gasteiger partial charge in [0, 0.05) is 43.4 Å². The van der Waals surface area contributed by atoms with Gasteiger partial charge in [-0.05, 0) is 61.5 Å². The summed E-state index contributed by atoms with van der Waals surface area (Å²) in [5, 5.41) is 21.8. The van der Waals surface area contributed by atoms with E-state index in [4.69, 9.17) is 9.47 Å². The van der Waals surface area contributed by atoms with Gasteiger partial charge < -0.3 is 29.7 Å². The first kappa shape index (κ1) is 29.7. The van der Waals surface area contributed by atoms with Crippen LogP contribution < -0.4 is 19.1 Å². The second kappa shape index (κ2) is 10.7. The van der Waals surface area contributed by atoms with Crippen LogP contribution in [0.5, 0.6) is 11.6 Å². The van der Waals surface area contributed by atoms with Crippen LogP contribution in [-0.4, -0.2) is 86.2 Å². The molecule has 4 heterocycles. The molecule has 1 aromatic heterocycles. The molecule has 3 aliphatic rings. The lowest BCUT2D eigenvalue weighted by molar-refractivity contribution is -0.122. The summed E-state index contributed by atoms with van der Waals surface area (Å²) in [4.78, 5) is 46.8. The molecule has 0 saturated carbocycles. The highest BCUT2D eigenvalue weighted by Gasteiger charge is 2.61. The van der Waals surface area contributed by atoms with Crippen molar-refractivity contribution < 1.29 is 37.4 Å². The number of hydrogen-bond donors (Lipinski definition) is 2. The Morgan fingerprint density at radius 1 is 1.07 bits per heavy atom. The van der Waals surface area contributed by atoms with E-state index in [-0.39, 0.29) is 71.4 Å². The van der Waals surface area contributed by atoms with Crippen LogP contribution in [0.3, 0.4) is 0 Å². The smallest absolute Gasteiger partial charge is 0.407 e. The van der Waals surface area contributed by atoms with E-state index >= 15 is 0 Å². The standard InChI is InChI=1S/C30H28N6O8S/c1-3-44-25-22(5-4-12-32-25)30(33-27(38)34-15-29(16-34)17-35(18-29)28(39)40)23-13-19(14-31)6-11-24(23)36(26(30)37)45(41,42)21-9-7-20(43-2)8-10-21/h4-13H,3,15-18H2,1-2H3,(H,33,38)(H,39,40). The maximum Gasteiger partial charge on any atom is 0.407 e. The normalized spacial score (nSPS) is 19.7. The Morgan fingerprint density at radius 2 is 1.76 bits per heavy atom. The Balaban J connectivity index is 1.48. The number of urea groups is 1. The van der Waals surface area contributed by atoms with Crippen molar-refractivity contribution in [1.82, 2.24) is 20.1 Å². The van der Waals surface area contributed by atoms with Crippen LogP contribution in [0, 0.1) is 16.7 Å². The van der Waals surface area contributed by atoms with Crippen LogP contribution in [0.2, 0.25) is 0 Å². The van der Waals surface area contributed by atoms with Crippen LogP contribution in [-0.2, 0) is 20.4 Å². The van der Waals surface area contributed by atoms with Crippen molar-refractivity contribution in [2.75, 3.05) is 44.2 Å². The molecule has 3 aromatic rings. The highest BCUT2D eigenvalue weighted by Crippen LogP contribution is 2.50. The van der Waals surface area contributed by atoms with Crippen molar-refractivity contribution >= 4 is 33.7 Å². The molecule has 45 heavy (non-hydrogen) atoms. The number of fused-ring (bicyclic) bond motifs is 1. The number of pyridine rings is 1. The fourth-order valence-electron chi connectivity index (χ4n) is 6.17. The fourth-order valence-corrected chi connectivity index (χ4v) is 7.64. The summed E-state index contributed by atoms with van der Waals surface area (Å²) >= 11 is 0. The fraction of sp³-hybridized carbons (Fsp3) is 0.300. The highest BCUT2D eigenvalue weighted by molar-refractivity contribution is 7.93. The lowest BCUT2D eigenvalue weighted by Gasteiger charge is -2.59. The van der Waals surface area contributed by atoms with Gasteiger partial charge in [-0.15, -0.1) is 0 Å². The molecular formula is C30H28N6O8S. The molecule has 1 spiro atoms. The summed E-state index contributed by atoms with van der Waals surface area (Å²) in [6.45, 7) is 2.87. The minimum atomic E-state index is -4.57. The maximum absolute atomic E-state index is 14.8. The quantitative estimate of drug-likeness (QED) is 0.392. The van der Waals surface area contributed by atoms with E-state index in [0.29, 0.717) is 10.1 Å². The predicted molar refractivity (Wildman–Crippen MR) is 157 cm³/mol. The first-order valence-electron chi connectivity index (χ1n) is 13.9. The number of carboxylic acid groups (broad SMARTS) is 1. The topological polar surface area (TPSA) is 182 Å². The molecule has 2 saturated heterocycles. The van der Waals surface area contributed by atoms with E-state index in [2.05, 4.69) is 10.3 Å². The molecule has 1 atom stereocenters. The summed E-state index contributed by atoms with van der Waals surface area (Å²) in [7, 11) is -3.13. The third-order valence-electron chi connectivity index (χ3n) is 8.26. The Bertz CT molecular complexity index is 1860. The molecule has 0 aliphatic carbocycles. The molecule has 4 amide bonds. The number of aromatic nitrogens is 1. The molecule has 1 unspecified atom stereocenters. The second-order valence-corrected chi connectivity index (χ2v) is 12.8. The summed E-state index contributed by atoms with van der Waals surface area (Å²) in [5.74, 6) is -0.632. The van der Waals surface area contributed by atoms with Crippen LogP contribution >= 0.6 is 0 Å². The van der Waals surface area contributed by atoms with Crippen molar-refractivity contribution in [3.05, 3.63) is 77.5 Å². The van der Waals surface area contributed by atoms with E-state index in [0.717, 1.165) is 0 Å². The third-order valence-corrected chi connectivity index (χ3v) is 9.98. The van der Waals surface area contributed by atoms with E-state index in [1.807, 2.05) is 6.07 Å². The zero-order chi connectivity index (χ0) is 32.1. The number of nitrogens with one attached hydrogen (secondary N) is 1. The summed E-state index contributed by atoms with van der Waals surface area (Å²) in [5.41, 5.74) is -2.38. The number of sulfonamides is 1.